The Hall–Kier alpha value is -2.54. The lowest BCUT2D eigenvalue weighted by Gasteiger charge is -2.26. The molecule has 2 aromatic heterocycles. The van der Waals surface area contributed by atoms with Crippen LogP contribution in [0.25, 0.3) is 11.3 Å². The molecule has 0 radical (unpaired) electrons. The van der Waals surface area contributed by atoms with E-state index in [1.54, 1.807) is 29.4 Å². The molecule has 2 aromatic rings. The maximum absolute atomic E-state index is 12.2. The molecule has 0 aromatic carbocycles. The smallest absolute Gasteiger partial charge is 0.267 e. The topological polar surface area (TPSA) is 77.3 Å². The Morgan fingerprint density at radius 2 is 2.05 bits per heavy atom. The highest BCUT2D eigenvalue weighted by Crippen LogP contribution is 2.12. The summed E-state index contributed by atoms with van der Waals surface area (Å²) >= 11 is 0. The van der Waals surface area contributed by atoms with Crippen molar-refractivity contribution in [2.75, 3.05) is 26.3 Å². The van der Waals surface area contributed by atoms with Gasteiger partial charge in [0.05, 0.1) is 18.9 Å². The zero-order valence-corrected chi connectivity index (χ0v) is 12.0. The van der Waals surface area contributed by atoms with E-state index in [1.807, 2.05) is 6.07 Å². The Kier molecular flexibility index (Phi) is 4.24. The number of amides is 1. The number of rotatable bonds is 3. The molecule has 0 saturated carbocycles. The molecule has 1 aliphatic rings. The van der Waals surface area contributed by atoms with E-state index in [0.29, 0.717) is 32.0 Å². The molecule has 3 heterocycles. The van der Waals surface area contributed by atoms with E-state index in [-0.39, 0.29) is 18.0 Å². The number of ether oxygens (including phenoxy) is 1. The average molecular weight is 300 g/mol. The van der Waals surface area contributed by atoms with Crippen molar-refractivity contribution in [1.82, 2.24) is 19.7 Å². The lowest BCUT2D eigenvalue weighted by atomic mass is 10.2. The molecule has 0 spiro atoms. The predicted molar refractivity (Wildman–Crippen MR) is 79.1 cm³/mol. The molecule has 0 bridgehead atoms. The molecule has 0 unspecified atom stereocenters. The molecule has 22 heavy (non-hydrogen) atoms. The van der Waals surface area contributed by atoms with Crippen LogP contribution in [0.15, 0.2) is 41.5 Å². The van der Waals surface area contributed by atoms with Gasteiger partial charge in [-0.05, 0) is 18.2 Å². The third kappa shape index (κ3) is 3.20. The Bertz CT molecular complexity index is 708. The van der Waals surface area contributed by atoms with Gasteiger partial charge in [-0.3, -0.25) is 14.6 Å². The van der Waals surface area contributed by atoms with E-state index < -0.39 is 0 Å². The highest BCUT2D eigenvalue weighted by atomic mass is 16.5. The Balaban J connectivity index is 1.81. The second-order valence-electron chi connectivity index (χ2n) is 4.95. The SMILES string of the molecule is O=C(Cn1nc(-c2cccnc2)ccc1=O)N1CCOCC1. The van der Waals surface area contributed by atoms with Crippen molar-refractivity contribution in [2.45, 2.75) is 6.54 Å². The number of morpholine rings is 1. The number of nitrogens with zero attached hydrogens (tertiary/aromatic N) is 4. The summed E-state index contributed by atoms with van der Waals surface area (Å²) in [4.78, 5) is 29.9. The molecular weight excluding hydrogens is 284 g/mol. The molecule has 3 rings (SSSR count). The number of hydrogen-bond donors (Lipinski definition) is 0. The van der Waals surface area contributed by atoms with Crippen molar-refractivity contribution >= 4 is 5.91 Å². The lowest BCUT2D eigenvalue weighted by molar-refractivity contribution is -0.136. The molecule has 1 aliphatic heterocycles. The molecule has 1 saturated heterocycles. The first kappa shape index (κ1) is 14.4. The van der Waals surface area contributed by atoms with Crippen molar-refractivity contribution in [1.29, 1.82) is 0 Å². The molecule has 0 atom stereocenters. The quantitative estimate of drug-likeness (QED) is 0.807. The fourth-order valence-corrected chi connectivity index (χ4v) is 2.27. The molecule has 0 N–H and O–H groups in total. The minimum Gasteiger partial charge on any atom is -0.378 e. The highest BCUT2D eigenvalue weighted by Gasteiger charge is 2.18. The van der Waals surface area contributed by atoms with Gasteiger partial charge in [0, 0.05) is 37.1 Å². The predicted octanol–water partition coefficient (Wildman–Crippen LogP) is 0.164. The van der Waals surface area contributed by atoms with E-state index in [4.69, 9.17) is 4.74 Å². The summed E-state index contributed by atoms with van der Waals surface area (Å²) in [6.45, 7) is 2.10. The van der Waals surface area contributed by atoms with Crippen LogP contribution in [0.4, 0.5) is 0 Å². The maximum Gasteiger partial charge on any atom is 0.267 e. The van der Waals surface area contributed by atoms with Crippen LogP contribution in [0, 0.1) is 0 Å². The molecule has 7 heteroatoms. The summed E-state index contributed by atoms with van der Waals surface area (Å²) in [5, 5.41) is 4.26. The van der Waals surface area contributed by atoms with E-state index in [1.165, 1.54) is 10.7 Å². The van der Waals surface area contributed by atoms with Crippen LogP contribution in [0.1, 0.15) is 0 Å². The van der Waals surface area contributed by atoms with Gasteiger partial charge in [-0.15, -0.1) is 0 Å². The molecule has 114 valence electrons. The summed E-state index contributed by atoms with van der Waals surface area (Å²) in [6, 6.07) is 6.70. The third-order valence-electron chi connectivity index (χ3n) is 3.47. The maximum atomic E-state index is 12.2. The lowest BCUT2D eigenvalue weighted by Crippen LogP contribution is -2.43. The van der Waals surface area contributed by atoms with Crippen LogP contribution in [0.3, 0.4) is 0 Å². The average Bonchev–Trinajstić information content (AvgIpc) is 2.58. The fraction of sp³-hybridized carbons (Fsp3) is 0.333. The Morgan fingerprint density at radius 3 is 2.77 bits per heavy atom. The summed E-state index contributed by atoms with van der Waals surface area (Å²) in [7, 11) is 0. The van der Waals surface area contributed by atoms with Crippen LogP contribution >= 0.6 is 0 Å². The molecule has 1 fully saturated rings. The van der Waals surface area contributed by atoms with Gasteiger partial charge >= 0.3 is 0 Å². The Morgan fingerprint density at radius 1 is 1.23 bits per heavy atom. The Labute approximate surface area is 127 Å². The monoisotopic (exact) mass is 300 g/mol. The van der Waals surface area contributed by atoms with Gasteiger partial charge in [-0.1, -0.05) is 0 Å². The van der Waals surface area contributed by atoms with Crippen molar-refractivity contribution in [2.24, 2.45) is 0 Å². The summed E-state index contributed by atoms with van der Waals surface area (Å²) < 4.78 is 6.41. The first-order chi connectivity index (χ1) is 10.7. The highest BCUT2D eigenvalue weighted by molar-refractivity contribution is 5.76. The van der Waals surface area contributed by atoms with Crippen LogP contribution < -0.4 is 5.56 Å². The van der Waals surface area contributed by atoms with E-state index >= 15 is 0 Å². The van der Waals surface area contributed by atoms with Crippen LogP contribution in [0.2, 0.25) is 0 Å². The number of hydrogen-bond acceptors (Lipinski definition) is 5. The van der Waals surface area contributed by atoms with Crippen molar-refractivity contribution in [3.63, 3.8) is 0 Å². The second-order valence-corrected chi connectivity index (χ2v) is 4.95. The number of carbonyl (C=O) groups excluding carboxylic acids is 1. The van der Waals surface area contributed by atoms with E-state index in [0.717, 1.165) is 5.56 Å². The minimum absolute atomic E-state index is 0.0626. The number of aromatic nitrogens is 3. The van der Waals surface area contributed by atoms with Gasteiger partial charge in [0.2, 0.25) is 5.91 Å². The zero-order chi connectivity index (χ0) is 15.4. The van der Waals surface area contributed by atoms with Gasteiger partial charge in [0.15, 0.2) is 0 Å². The largest absolute Gasteiger partial charge is 0.378 e. The second kappa shape index (κ2) is 6.48. The normalized spacial score (nSPS) is 14.8. The van der Waals surface area contributed by atoms with Gasteiger partial charge in [0.25, 0.3) is 5.56 Å². The minimum atomic E-state index is -0.297. The third-order valence-corrected chi connectivity index (χ3v) is 3.47. The van der Waals surface area contributed by atoms with Gasteiger partial charge in [-0.25, -0.2) is 4.68 Å². The number of carbonyl (C=O) groups is 1. The summed E-state index contributed by atoms with van der Waals surface area (Å²) in [5.41, 5.74) is 1.12. The van der Waals surface area contributed by atoms with Crippen molar-refractivity contribution < 1.29 is 9.53 Å². The molecule has 7 nitrogen and oxygen atoms in total. The van der Waals surface area contributed by atoms with Gasteiger partial charge < -0.3 is 9.64 Å². The summed E-state index contributed by atoms with van der Waals surface area (Å²) in [6.07, 6.45) is 3.34. The van der Waals surface area contributed by atoms with Crippen LogP contribution in [-0.2, 0) is 16.1 Å². The molecular formula is C15H16N4O3. The van der Waals surface area contributed by atoms with E-state index in [2.05, 4.69) is 10.1 Å². The van der Waals surface area contributed by atoms with Crippen molar-refractivity contribution in [3.05, 3.63) is 47.0 Å². The van der Waals surface area contributed by atoms with Crippen molar-refractivity contribution in [3.8, 4) is 11.3 Å². The zero-order valence-electron chi connectivity index (χ0n) is 12.0. The summed E-state index contributed by atoms with van der Waals surface area (Å²) in [5.74, 6) is -0.124. The van der Waals surface area contributed by atoms with Crippen LogP contribution in [0.5, 0.6) is 0 Å². The first-order valence-electron chi connectivity index (χ1n) is 7.08. The standard InChI is InChI=1S/C15H16N4O3/c20-14-4-3-13(12-2-1-5-16-10-12)17-19(14)11-15(21)18-6-8-22-9-7-18/h1-5,10H,6-9,11H2. The molecule has 1 amide bonds. The first-order valence-corrected chi connectivity index (χ1v) is 7.08. The van der Waals surface area contributed by atoms with E-state index in [9.17, 15) is 9.59 Å². The van der Waals surface area contributed by atoms with Gasteiger partial charge in [0.1, 0.15) is 6.54 Å². The fourth-order valence-electron chi connectivity index (χ4n) is 2.27. The van der Waals surface area contributed by atoms with Crippen LogP contribution in [-0.4, -0.2) is 51.9 Å². The molecule has 0 aliphatic carbocycles. The number of pyridine rings is 1. The van der Waals surface area contributed by atoms with Gasteiger partial charge in [-0.2, -0.15) is 5.10 Å².